The quantitative estimate of drug-likeness (QED) is 0.884. The molecule has 1 N–H and O–H groups in total. The minimum absolute atomic E-state index is 0.0845. The van der Waals surface area contributed by atoms with Crippen LogP contribution >= 0.6 is 11.3 Å². The molecule has 0 radical (unpaired) electrons. The van der Waals surface area contributed by atoms with Gasteiger partial charge in [-0.05, 0) is 59.7 Å². The Bertz CT molecular complexity index is 638. The summed E-state index contributed by atoms with van der Waals surface area (Å²) in [6.45, 7) is 2.07. The summed E-state index contributed by atoms with van der Waals surface area (Å²) in [6.07, 6.45) is 1.80. The van der Waals surface area contributed by atoms with E-state index in [9.17, 15) is 4.79 Å². The van der Waals surface area contributed by atoms with Gasteiger partial charge in [-0.3, -0.25) is 4.79 Å². The molecule has 1 fully saturated rings. The predicted molar refractivity (Wildman–Crippen MR) is 89.5 cm³/mol. The molecular weight excluding hydrogens is 294 g/mol. The first-order valence-corrected chi connectivity index (χ1v) is 8.57. The Labute approximate surface area is 135 Å². The minimum Gasteiger partial charge on any atom is -0.496 e. The first-order valence-electron chi connectivity index (χ1n) is 7.63. The van der Waals surface area contributed by atoms with E-state index in [0.29, 0.717) is 5.92 Å². The summed E-state index contributed by atoms with van der Waals surface area (Å²) in [7, 11) is 1.68. The van der Waals surface area contributed by atoms with E-state index >= 15 is 0 Å². The largest absolute Gasteiger partial charge is 0.496 e. The first kappa shape index (κ1) is 15.1. The van der Waals surface area contributed by atoms with Gasteiger partial charge in [-0.1, -0.05) is 18.2 Å². The Balaban J connectivity index is 1.56. The summed E-state index contributed by atoms with van der Waals surface area (Å²) in [5.41, 5.74) is 2.44. The highest BCUT2D eigenvalue weighted by Gasteiger charge is 2.45. The van der Waals surface area contributed by atoms with E-state index < -0.39 is 0 Å². The van der Waals surface area contributed by atoms with Crippen molar-refractivity contribution < 1.29 is 9.53 Å². The molecule has 1 saturated carbocycles. The lowest BCUT2D eigenvalue weighted by atomic mass is 10.1. The van der Waals surface area contributed by atoms with Crippen LogP contribution in [0.2, 0.25) is 0 Å². The highest BCUT2D eigenvalue weighted by Crippen LogP contribution is 2.50. The van der Waals surface area contributed by atoms with Crippen LogP contribution in [0, 0.1) is 5.92 Å². The molecule has 0 bridgehead atoms. The van der Waals surface area contributed by atoms with E-state index in [-0.39, 0.29) is 17.9 Å². The van der Waals surface area contributed by atoms with Crippen molar-refractivity contribution in [3.63, 3.8) is 0 Å². The van der Waals surface area contributed by atoms with Crippen molar-refractivity contribution >= 4 is 17.2 Å². The van der Waals surface area contributed by atoms with Crippen molar-refractivity contribution in [2.75, 3.05) is 7.11 Å². The summed E-state index contributed by atoms with van der Waals surface area (Å²) < 4.78 is 5.40. The number of carbonyl (C=O) groups is 1. The number of thiophene rings is 1. The van der Waals surface area contributed by atoms with Crippen molar-refractivity contribution in [3.05, 3.63) is 52.2 Å². The molecule has 116 valence electrons. The van der Waals surface area contributed by atoms with Crippen molar-refractivity contribution in [2.24, 2.45) is 5.92 Å². The summed E-state index contributed by atoms with van der Waals surface area (Å²) in [6, 6.07) is 10.3. The topological polar surface area (TPSA) is 38.3 Å². The molecule has 0 spiro atoms. The SMILES string of the molecule is COc1ccccc1[C@@H]1C[C@@H]1C(=O)N[C@@H](C)Cc1ccsc1. The second kappa shape index (κ2) is 6.53. The molecule has 0 unspecified atom stereocenters. The lowest BCUT2D eigenvalue weighted by Gasteiger charge is -2.13. The molecule has 3 rings (SSSR count). The fourth-order valence-corrected chi connectivity index (χ4v) is 3.65. The fourth-order valence-electron chi connectivity index (χ4n) is 2.96. The van der Waals surface area contributed by atoms with E-state index in [1.54, 1.807) is 18.4 Å². The van der Waals surface area contributed by atoms with Crippen LogP contribution in [0.1, 0.15) is 30.4 Å². The highest BCUT2D eigenvalue weighted by atomic mass is 32.1. The van der Waals surface area contributed by atoms with Crippen LogP contribution in [0.5, 0.6) is 5.75 Å². The summed E-state index contributed by atoms with van der Waals surface area (Å²) in [5, 5.41) is 7.35. The van der Waals surface area contributed by atoms with Gasteiger partial charge in [0, 0.05) is 12.0 Å². The van der Waals surface area contributed by atoms with Gasteiger partial charge < -0.3 is 10.1 Å². The predicted octanol–water partition coefficient (Wildman–Crippen LogP) is 3.61. The maximum Gasteiger partial charge on any atom is 0.223 e. The molecule has 0 saturated heterocycles. The molecule has 1 heterocycles. The van der Waals surface area contributed by atoms with Crippen molar-refractivity contribution in [2.45, 2.75) is 31.7 Å². The third-order valence-corrected chi connectivity index (χ3v) is 4.91. The number of hydrogen-bond acceptors (Lipinski definition) is 3. The molecule has 1 amide bonds. The normalized spacial score (nSPS) is 21.2. The molecule has 1 aliphatic rings. The number of para-hydroxylation sites is 1. The van der Waals surface area contributed by atoms with E-state index in [1.165, 1.54) is 5.56 Å². The zero-order valence-electron chi connectivity index (χ0n) is 12.9. The first-order chi connectivity index (χ1) is 10.7. The van der Waals surface area contributed by atoms with Crippen LogP contribution in [0.25, 0.3) is 0 Å². The molecule has 1 aliphatic carbocycles. The molecule has 4 heteroatoms. The van der Waals surface area contributed by atoms with Crippen LogP contribution < -0.4 is 10.1 Å². The van der Waals surface area contributed by atoms with Gasteiger partial charge in [0.2, 0.25) is 5.91 Å². The van der Waals surface area contributed by atoms with Crippen LogP contribution in [-0.2, 0) is 11.2 Å². The minimum atomic E-state index is 0.0845. The molecule has 1 aromatic carbocycles. The van der Waals surface area contributed by atoms with Gasteiger partial charge in [0.25, 0.3) is 0 Å². The maximum absolute atomic E-state index is 12.4. The zero-order chi connectivity index (χ0) is 15.5. The standard InChI is InChI=1S/C18H21NO2S/c1-12(9-13-7-8-22-11-13)19-18(20)16-10-15(16)14-5-3-4-6-17(14)21-2/h3-8,11-12,15-16H,9-10H2,1-2H3,(H,19,20)/t12-,15-,16-/m0/s1. The monoisotopic (exact) mass is 315 g/mol. The van der Waals surface area contributed by atoms with E-state index in [1.807, 2.05) is 18.2 Å². The summed E-state index contributed by atoms with van der Waals surface area (Å²) >= 11 is 1.69. The lowest BCUT2D eigenvalue weighted by Crippen LogP contribution is -2.35. The van der Waals surface area contributed by atoms with E-state index in [2.05, 4.69) is 35.1 Å². The number of ether oxygens (including phenoxy) is 1. The number of carbonyl (C=O) groups excluding carboxylic acids is 1. The van der Waals surface area contributed by atoms with Gasteiger partial charge >= 0.3 is 0 Å². The van der Waals surface area contributed by atoms with Gasteiger partial charge in [-0.25, -0.2) is 0 Å². The molecular formula is C18H21NO2S. The summed E-state index contributed by atoms with van der Waals surface area (Å²) in [4.78, 5) is 12.4. The van der Waals surface area contributed by atoms with Crippen LogP contribution in [-0.4, -0.2) is 19.1 Å². The fraction of sp³-hybridized carbons (Fsp3) is 0.389. The van der Waals surface area contributed by atoms with Gasteiger partial charge in [0.1, 0.15) is 5.75 Å². The molecule has 0 aliphatic heterocycles. The van der Waals surface area contributed by atoms with E-state index in [0.717, 1.165) is 24.2 Å². The second-order valence-corrected chi connectivity index (χ2v) is 6.72. The van der Waals surface area contributed by atoms with Gasteiger partial charge in [0.05, 0.1) is 7.11 Å². The number of rotatable bonds is 6. The average Bonchev–Trinajstić information content (AvgIpc) is 3.17. The smallest absolute Gasteiger partial charge is 0.223 e. The van der Waals surface area contributed by atoms with Crippen LogP contribution in [0.15, 0.2) is 41.1 Å². The second-order valence-electron chi connectivity index (χ2n) is 5.94. The highest BCUT2D eigenvalue weighted by molar-refractivity contribution is 7.07. The van der Waals surface area contributed by atoms with Crippen molar-refractivity contribution in [1.29, 1.82) is 0 Å². The number of amides is 1. The number of nitrogens with one attached hydrogen (secondary N) is 1. The Morgan fingerprint density at radius 3 is 2.95 bits per heavy atom. The Morgan fingerprint density at radius 2 is 2.23 bits per heavy atom. The number of methoxy groups -OCH3 is 1. The molecule has 3 nitrogen and oxygen atoms in total. The zero-order valence-corrected chi connectivity index (χ0v) is 13.7. The summed E-state index contributed by atoms with van der Waals surface area (Å²) in [5.74, 6) is 1.43. The maximum atomic E-state index is 12.4. The van der Waals surface area contributed by atoms with Gasteiger partial charge in [0.15, 0.2) is 0 Å². The lowest BCUT2D eigenvalue weighted by molar-refractivity contribution is -0.123. The van der Waals surface area contributed by atoms with Crippen molar-refractivity contribution in [3.8, 4) is 5.75 Å². The number of hydrogen-bond donors (Lipinski definition) is 1. The van der Waals surface area contributed by atoms with Crippen LogP contribution in [0.4, 0.5) is 0 Å². The Kier molecular flexibility index (Phi) is 4.48. The van der Waals surface area contributed by atoms with Gasteiger partial charge in [-0.2, -0.15) is 11.3 Å². The third-order valence-electron chi connectivity index (χ3n) is 4.18. The number of benzene rings is 1. The Hall–Kier alpha value is -1.81. The average molecular weight is 315 g/mol. The van der Waals surface area contributed by atoms with E-state index in [4.69, 9.17) is 4.74 Å². The molecule has 22 heavy (non-hydrogen) atoms. The molecule has 1 aromatic heterocycles. The molecule has 3 atom stereocenters. The van der Waals surface area contributed by atoms with Crippen molar-refractivity contribution in [1.82, 2.24) is 5.32 Å². The third kappa shape index (κ3) is 3.33. The van der Waals surface area contributed by atoms with Crippen LogP contribution in [0.3, 0.4) is 0 Å². The molecule has 2 aromatic rings. The Morgan fingerprint density at radius 1 is 1.41 bits per heavy atom. The van der Waals surface area contributed by atoms with Gasteiger partial charge in [-0.15, -0.1) is 0 Å².